The van der Waals surface area contributed by atoms with E-state index in [0.717, 1.165) is 5.56 Å². The molecular formula is C16H10O4. The van der Waals surface area contributed by atoms with Crippen molar-refractivity contribution in [2.24, 2.45) is 0 Å². The van der Waals surface area contributed by atoms with Crippen LogP contribution in [0.2, 0.25) is 0 Å². The van der Waals surface area contributed by atoms with Crippen LogP contribution < -0.4 is 10.2 Å². The molecule has 0 radical (unpaired) electrons. The lowest BCUT2D eigenvalue weighted by Gasteiger charge is -2.04. The van der Waals surface area contributed by atoms with E-state index in [1.165, 1.54) is 12.1 Å². The topological polar surface area (TPSA) is 56.5 Å². The van der Waals surface area contributed by atoms with Gasteiger partial charge in [0.25, 0.3) is 6.47 Å². The average molecular weight is 266 g/mol. The molecule has 1 heterocycles. The lowest BCUT2D eigenvalue weighted by Crippen LogP contribution is -2.01. The number of fused-ring (bicyclic) bond motifs is 1. The van der Waals surface area contributed by atoms with Gasteiger partial charge in [0.1, 0.15) is 17.1 Å². The molecule has 4 nitrogen and oxygen atoms in total. The van der Waals surface area contributed by atoms with Gasteiger partial charge in [0.15, 0.2) is 5.43 Å². The van der Waals surface area contributed by atoms with Crippen molar-refractivity contribution in [3.05, 3.63) is 64.8 Å². The molecule has 0 aliphatic carbocycles. The number of hydrogen-bond donors (Lipinski definition) is 0. The largest absolute Gasteiger partial charge is 0.456 e. The summed E-state index contributed by atoms with van der Waals surface area (Å²) < 4.78 is 10.4. The summed E-state index contributed by atoms with van der Waals surface area (Å²) in [7, 11) is 0. The Kier molecular flexibility index (Phi) is 3.05. The van der Waals surface area contributed by atoms with Crippen LogP contribution in [0.25, 0.3) is 22.3 Å². The Balaban J connectivity index is 2.18. The molecule has 1 aromatic heterocycles. The zero-order valence-corrected chi connectivity index (χ0v) is 10.4. The van der Waals surface area contributed by atoms with Gasteiger partial charge >= 0.3 is 0 Å². The maximum Gasteiger partial charge on any atom is 0.298 e. The summed E-state index contributed by atoms with van der Waals surface area (Å²) in [6.07, 6.45) is 0. The molecule has 0 aliphatic rings. The predicted molar refractivity (Wildman–Crippen MR) is 74.6 cm³/mol. The molecule has 98 valence electrons. The fraction of sp³-hybridized carbons (Fsp3) is 0. The van der Waals surface area contributed by atoms with E-state index in [1.807, 2.05) is 30.3 Å². The van der Waals surface area contributed by atoms with E-state index in [2.05, 4.69) is 0 Å². The normalized spacial score (nSPS) is 10.4. The van der Waals surface area contributed by atoms with E-state index in [4.69, 9.17) is 9.15 Å². The van der Waals surface area contributed by atoms with Crippen molar-refractivity contribution in [3.63, 3.8) is 0 Å². The van der Waals surface area contributed by atoms with Crippen LogP contribution in [0.15, 0.2) is 63.8 Å². The Hall–Kier alpha value is -2.88. The van der Waals surface area contributed by atoms with Crippen LogP contribution in [-0.4, -0.2) is 6.47 Å². The second kappa shape index (κ2) is 5.01. The first kappa shape index (κ1) is 12.2. The highest BCUT2D eigenvalue weighted by Gasteiger charge is 2.07. The minimum absolute atomic E-state index is 0.179. The fourth-order valence-electron chi connectivity index (χ4n) is 2.01. The molecule has 0 saturated carbocycles. The molecule has 0 fully saturated rings. The highest BCUT2D eigenvalue weighted by atomic mass is 16.5. The number of carbonyl (C=O) groups excluding carboxylic acids is 1. The summed E-state index contributed by atoms with van der Waals surface area (Å²) in [5, 5.41) is 0.379. The predicted octanol–water partition coefficient (Wildman–Crippen LogP) is 3.00. The lowest BCUT2D eigenvalue weighted by atomic mass is 10.1. The summed E-state index contributed by atoms with van der Waals surface area (Å²) >= 11 is 0. The number of ether oxygens (including phenoxy) is 1. The van der Waals surface area contributed by atoms with Gasteiger partial charge in [-0.15, -0.1) is 0 Å². The van der Waals surface area contributed by atoms with Crippen molar-refractivity contribution in [1.29, 1.82) is 0 Å². The van der Waals surface area contributed by atoms with Crippen LogP contribution in [0.3, 0.4) is 0 Å². The minimum atomic E-state index is -0.179. The highest BCUT2D eigenvalue weighted by molar-refractivity contribution is 5.80. The SMILES string of the molecule is O=COc1ccc2oc(-c3ccccc3)cc(=O)c2c1. The molecule has 0 bridgehead atoms. The molecule has 0 N–H and O–H groups in total. The smallest absolute Gasteiger partial charge is 0.298 e. The average Bonchev–Trinajstić information content (AvgIpc) is 2.49. The Morgan fingerprint density at radius 3 is 2.55 bits per heavy atom. The molecule has 3 aromatic rings. The lowest BCUT2D eigenvalue weighted by molar-refractivity contribution is -0.120. The molecule has 0 saturated heterocycles. The number of benzene rings is 2. The van der Waals surface area contributed by atoms with E-state index in [1.54, 1.807) is 12.1 Å². The molecule has 0 aliphatic heterocycles. The monoisotopic (exact) mass is 266 g/mol. The van der Waals surface area contributed by atoms with Gasteiger partial charge in [0, 0.05) is 11.6 Å². The quantitative estimate of drug-likeness (QED) is 0.684. The van der Waals surface area contributed by atoms with Crippen molar-refractivity contribution < 1.29 is 13.9 Å². The van der Waals surface area contributed by atoms with Crippen LogP contribution >= 0.6 is 0 Å². The van der Waals surface area contributed by atoms with Gasteiger partial charge in [-0.3, -0.25) is 9.59 Å². The number of rotatable bonds is 3. The van der Waals surface area contributed by atoms with Gasteiger partial charge < -0.3 is 9.15 Å². The Morgan fingerprint density at radius 2 is 1.80 bits per heavy atom. The third-order valence-electron chi connectivity index (χ3n) is 2.94. The van der Waals surface area contributed by atoms with E-state index in [0.29, 0.717) is 29.0 Å². The van der Waals surface area contributed by atoms with E-state index >= 15 is 0 Å². The van der Waals surface area contributed by atoms with Crippen LogP contribution in [-0.2, 0) is 4.79 Å². The Bertz CT molecular complexity index is 819. The standard InChI is InChI=1S/C16H10O4/c17-10-19-12-6-7-15-13(8-12)14(18)9-16(20-15)11-4-2-1-3-5-11/h1-10H. The zero-order chi connectivity index (χ0) is 13.9. The van der Waals surface area contributed by atoms with Crippen molar-refractivity contribution >= 4 is 17.4 Å². The summed E-state index contributed by atoms with van der Waals surface area (Å²) in [5.74, 6) is 0.819. The van der Waals surface area contributed by atoms with Crippen molar-refractivity contribution in [1.82, 2.24) is 0 Å². The van der Waals surface area contributed by atoms with Gasteiger partial charge in [-0.25, -0.2) is 0 Å². The highest BCUT2D eigenvalue weighted by Crippen LogP contribution is 2.24. The second-order valence-electron chi connectivity index (χ2n) is 4.21. The van der Waals surface area contributed by atoms with Crippen molar-refractivity contribution in [2.75, 3.05) is 0 Å². The first-order valence-corrected chi connectivity index (χ1v) is 6.01. The van der Waals surface area contributed by atoms with Crippen LogP contribution in [0, 0.1) is 0 Å². The van der Waals surface area contributed by atoms with Gasteiger partial charge in [-0.05, 0) is 18.2 Å². The molecule has 0 unspecified atom stereocenters. The summed E-state index contributed by atoms with van der Waals surface area (Å²) in [6.45, 7) is 0.321. The third-order valence-corrected chi connectivity index (χ3v) is 2.94. The van der Waals surface area contributed by atoms with E-state index in [-0.39, 0.29) is 5.43 Å². The van der Waals surface area contributed by atoms with Crippen molar-refractivity contribution in [2.45, 2.75) is 0 Å². The van der Waals surface area contributed by atoms with Crippen LogP contribution in [0.4, 0.5) is 0 Å². The zero-order valence-electron chi connectivity index (χ0n) is 10.4. The van der Waals surface area contributed by atoms with Gasteiger partial charge in [-0.2, -0.15) is 0 Å². The Morgan fingerprint density at radius 1 is 1.00 bits per heavy atom. The van der Waals surface area contributed by atoms with E-state index in [9.17, 15) is 9.59 Å². The maximum atomic E-state index is 12.1. The summed E-state index contributed by atoms with van der Waals surface area (Å²) in [4.78, 5) is 22.4. The number of hydrogen-bond acceptors (Lipinski definition) is 4. The van der Waals surface area contributed by atoms with Gasteiger partial charge in [0.05, 0.1) is 5.39 Å². The molecule has 0 spiro atoms. The summed E-state index contributed by atoms with van der Waals surface area (Å²) in [6, 6.07) is 15.5. The first-order chi connectivity index (χ1) is 9.78. The van der Waals surface area contributed by atoms with Crippen molar-refractivity contribution in [3.8, 4) is 17.1 Å². The third kappa shape index (κ3) is 2.19. The first-order valence-electron chi connectivity index (χ1n) is 6.01. The molecule has 4 heteroatoms. The molecule has 0 atom stereocenters. The maximum absolute atomic E-state index is 12.1. The molecule has 0 amide bonds. The molecule has 20 heavy (non-hydrogen) atoms. The molecule has 3 rings (SSSR count). The Labute approximate surface area is 114 Å². The van der Waals surface area contributed by atoms with Crippen LogP contribution in [0.1, 0.15) is 0 Å². The molecular weight excluding hydrogens is 256 g/mol. The fourth-order valence-corrected chi connectivity index (χ4v) is 2.01. The van der Waals surface area contributed by atoms with Crippen LogP contribution in [0.5, 0.6) is 5.75 Å². The minimum Gasteiger partial charge on any atom is -0.456 e. The van der Waals surface area contributed by atoms with Gasteiger partial charge in [-0.1, -0.05) is 30.3 Å². The molecule has 2 aromatic carbocycles. The van der Waals surface area contributed by atoms with E-state index < -0.39 is 0 Å². The summed E-state index contributed by atoms with van der Waals surface area (Å²) in [5.41, 5.74) is 1.11. The van der Waals surface area contributed by atoms with Gasteiger partial charge in [0.2, 0.25) is 0 Å². The number of carbonyl (C=O) groups is 1. The second-order valence-corrected chi connectivity index (χ2v) is 4.21.